The molecule has 0 saturated carbocycles. The molecule has 24 heavy (non-hydrogen) atoms. The molecular weight excluding hydrogens is 332 g/mol. The minimum absolute atomic E-state index is 0.392. The van der Waals surface area contributed by atoms with Gasteiger partial charge in [-0.2, -0.15) is 0 Å². The van der Waals surface area contributed by atoms with Gasteiger partial charge >= 0.3 is 0 Å². The van der Waals surface area contributed by atoms with Crippen molar-refractivity contribution in [1.82, 2.24) is 0 Å². The van der Waals surface area contributed by atoms with Crippen molar-refractivity contribution in [3.05, 3.63) is 78.4 Å². The minimum Gasteiger partial charge on any atom is -0.223 e. The third-order valence-electron chi connectivity index (χ3n) is 3.83. The number of allylic oxidation sites excluding steroid dienone is 1. The highest BCUT2D eigenvalue weighted by Crippen LogP contribution is 2.21. The fourth-order valence-electron chi connectivity index (χ4n) is 2.49. The zero-order valence-electron chi connectivity index (χ0n) is 14.6. The Labute approximate surface area is 147 Å². The second-order valence-electron chi connectivity index (χ2n) is 7.28. The smallest absolute Gasteiger partial charge is 0.185 e. The molecule has 2 aromatic carbocycles. The molecule has 1 atom stereocenters. The zero-order valence-corrected chi connectivity index (χ0v) is 16.5. The minimum atomic E-state index is -3.39. The van der Waals surface area contributed by atoms with Gasteiger partial charge in [0.15, 0.2) is 9.84 Å². The summed E-state index contributed by atoms with van der Waals surface area (Å²) >= 11 is 0. The summed E-state index contributed by atoms with van der Waals surface area (Å²) in [6.07, 6.45) is 4.47. The summed E-state index contributed by atoms with van der Waals surface area (Å²) in [6, 6.07) is 19.6. The maximum atomic E-state index is 13.1. The van der Waals surface area contributed by atoms with Crippen molar-refractivity contribution < 1.29 is 8.42 Å². The summed E-state index contributed by atoms with van der Waals surface area (Å²) < 4.78 is 26.1. The monoisotopic (exact) mass is 358 g/mol. The first-order valence-electron chi connectivity index (χ1n) is 8.28. The van der Waals surface area contributed by atoms with Crippen LogP contribution in [-0.2, 0) is 16.3 Å². The molecule has 0 fully saturated rings. The van der Waals surface area contributed by atoms with Crippen molar-refractivity contribution in [1.29, 1.82) is 0 Å². The van der Waals surface area contributed by atoms with Crippen LogP contribution in [0.1, 0.15) is 5.56 Å². The third-order valence-corrected chi connectivity index (χ3v) is 7.34. The Balaban J connectivity index is 2.31. The molecule has 0 spiro atoms. The number of rotatable bonds is 7. The Kier molecular flexibility index (Phi) is 6.19. The first-order valence-corrected chi connectivity index (χ1v) is 13.5. The molecule has 2 nitrogen and oxygen atoms in total. The van der Waals surface area contributed by atoms with Crippen molar-refractivity contribution in [3.8, 4) is 0 Å². The molecule has 0 radical (unpaired) electrons. The molecule has 0 aromatic heterocycles. The fourth-order valence-corrected chi connectivity index (χ4v) is 4.95. The van der Waals surface area contributed by atoms with E-state index in [9.17, 15) is 8.42 Å². The van der Waals surface area contributed by atoms with E-state index in [-0.39, 0.29) is 0 Å². The van der Waals surface area contributed by atoms with E-state index in [1.165, 1.54) is 0 Å². The number of hydrogen-bond donors (Lipinski definition) is 0. The average molecular weight is 359 g/mol. The van der Waals surface area contributed by atoms with Gasteiger partial charge in [-0.3, -0.25) is 0 Å². The third kappa shape index (κ3) is 5.46. The SMILES string of the molecule is C[Si](C)(C)C/C=C/C(Cc1ccccc1)S(=O)(=O)c1ccccc1. The Hall–Kier alpha value is -1.65. The van der Waals surface area contributed by atoms with Crippen LogP contribution < -0.4 is 0 Å². The van der Waals surface area contributed by atoms with Gasteiger partial charge in [-0.25, -0.2) is 8.42 Å². The van der Waals surface area contributed by atoms with E-state index in [1.807, 2.05) is 42.5 Å². The van der Waals surface area contributed by atoms with E-state index in [2.05, 4.69) is 25.7 Å². The molecule has 0 heterocycles. The van der Waals surface area contributed by atoms with Crippen LogP contribution >= 0.6 is 0 Å². The lowest BCUT2D eigenvalue weighted by Gasteiger charge is -2.16. The highest BCUT2D eigenvalue weighted by atomic mass is 32.2. The Morgan fingerprint density at radius 3 is 2.00 bits per heavy atom. The maximum absolute atomic E-state index is 13.1. The summed E-state index contributed by atoms with van der Waals surface area (Å²) in [5.74, 6) is 0. The van der Waals surface area contributed by atoms with Crippen LogP contribution in [-0.4, -0.2) is 21.7 Å². The van der Waals surface area contributed by atoms with Crippen molar-refractivity contribution in [2.75, 3.05) is 0 Å². The number of sulfone groups is 1. The van der Waals surface area contributed by atoms with E-state index in [0.29, 0.717) is 11.3 Å². The lowest BCUT2D eigenvalue weighted by molar-refractivity contribution is 0.587. The molecular formula is C20H26O2SSi. The summed E-state index contributed by atoms with van der Waals surface area (Å²) in [5, 5.41) is -0.529. The summed E-state index contributed by atoms with van der Waals surface area (Å²) in [6.45, 7) is 6.86. The van der Waals surface area contributed by atoms with Crippen LogP contribution in [0.3, 0.4) is 0 Å². The van der Waals surface area contributed by atoms with E-state index in [0.717, 1.165) is 11.6 Å². The molecule has 0 saturated heterocycles. The van der Waals surface area contributed by atoms with Crippen molar-refractivity contribution in [2.24, 2.45) is 0 Å². The van der Waals surface area contributed by atoms with Crippen LogP contribution in [0.4, 0.5) is 0 Å². The van der Waals surface area contributed by atoms with Gasteiger partial charge < -0.3 is 0 Å². The van der Waals surface area contributed by atoms with E-state index >= 15 is 0 Å². The summed E-state index contributed by atoms with van der Waals surface area (Å²) in [5.41, 5.74) is 1.04. The van der Waals surface area contributed by atoms with Gasteiger partial charge in [0, 0.05) is 8.07 Å². The van der Waals surface area contributed by atoms with Crippen molar-refractivity contribution in [2.45, 2.75) is 42.3 Å². The topological polar surface area (TPSA) is 34.1 Å². The van der Waals surface area contributed by atoms with E-state index in [1.54, 1.807) is 24.3 Å². The molecule has 0 aliphatic heterocycles. The maximum Gasteiger partial charge on any atom is 0.185 e. The molecule has 0 bridgehead atoms. The standard InChI is InChI=1S/C20H26O2SSi/c1-24(2,3)16-10-15-20(17-18-11-6-4-7-12-18)23(21,22)19-13-8-5-9-14-19/h4-15,20H,16-17H2,1-3H3/b15-10+. The lowest BCUT2D eigenvalue weighted by Crippen LogP contribution is -2.23. The highest BCUT2D eigenvalue weighted by molar-refractivity contribution is 7.92. The average Bonchev–Trinajstić information content (AvgIpc) is 2.54. The van der Waals surface area contributed by atoms with Crippen LogP contribution in [0.5, 0.6) is 0 Å². The Morgan fingerprint density at radius 2 is 1.46 bits per heavy atom. The second kappa shape index (κ2) is 7.95. The van der Waals surface area contributed by atoms with Gasteiger partial charge in [-0.1, -0.05) is 80.3 Å². The predicted octanol–water partition coefficient (Wildman–Crippen LogP) is 4.97. The second-order valence-corrected chi connectivity index (χ2v) is 15.0. The van der Waals surface area contributed by atoms with Crippen molar-refractivity contribution >= 4 is 17.9 Å². The number of hydrogen-bond acceptors (Lipinski definition) is 2. The molecule has 0 amide bonds. The van der Waals surface area contributed by atoms with Crippen LogP contribution in [0.15, 0.2) is 77.7 Å². The summed E-state index contributed by atoms with van der Waals surface area (Å²) in [7, 11) is -4.62. The Morgan fingerprint density at radius 1 is 0.917 bits per heavy atom. The molecule has 0 aliphatic rings. The van der Waals surface area contributed by atoms with E-state index < -0.39 is 23.2 Å². The summed E-state index contributed by atoms with van der Waals surface area (Å²) in [4.78, 5) is 0.392. The largest absolute Gasteiger partial charge is 0.223 e. The number of benzene rings is 2. The Bertz CT molecular complexity index is 760. The first-order chi connectivity index (χ1) is 11.3. The molecule has 1 unspecified atom stereocenters. The highest BCUT2D eigenvalue weighted by Gasteiger charge is 2.25. The zero-order chi connectivity index (χ0) is 17.6. The van der Waals surface area contributed by atoms with Crippen LogP contribution in [0.2, 0.25) is 25.7 Å². The van der Waals surface area contributed by atoms with Gasteiger partial charge in [-0.15, -0.1) is 0 Å². The van der Waals surface area contributed by atoms with Gasteiger partial charge in [-0.05, 0) is 30.2 Å². The quantitative estimate of drug-likeness (QED) is 0.517. The molecule has 0 aliphatic carbocycles. The van der Waals surface area contributed by atoms with Gasteiger partial charge in [0.1, 0.15) is 0 Å². The van der Waals surface area contributed by atoms with Gasteiger partial charge in [0.25, 0.3) is 0 Å². The molecule has 2 aromatic rings. The van der Waals surface area contributed by atoms with Gasteiger partial charge in [0.2, 0.25) is 0 Å². The van der Waals surface area contributed by atoms with Gasteiger partial charge in [0.05, 0.1) is 10.1 Å². The lowest BCUT2D eigenvalue weighted by atomic mass is 10.1. The molecule has 2 rings (SSSR count). The van der Waals surface area contributed by atoms with Crippen LogP contribution in [0.25, 0.3) is 0 Å². The molecule has 0 N–H and O–H groups in total. The fraction of sp³-hybridized carbons (Fsp3) is 0.300. The first kappa shape index (κ1) is 18.7. The van der Waals surface area contributed by atoms with Crippen molar-refractivity contribution in [3.63, 3.8) is 0 Å². The van der Waals surface area contributed by atoms with E-state index in [4.69, 9.17) is 0 Å². The predicted molar refractivity (Wildman–Crippen MR) is 105 cm³/mol. The molecule has 128 valence electrons. The van der Waals surface area contributed by atoms with Crippen LogP contribution in [0, 0.1) is 0 Å². The normalized spacial score (nSPS) is 14.0. The molecule has 4 heteroatoms.